The van der Waals surface area contributed by atoms with Crippen molar-refractivity contribution in [1.29, 1.82) is 0 Å². The fraction of sp³-hybridized carbons (Fsp3) is 0.571. The van der Waals surface area contributed by atoms with Crippen molar-refractivity contribution in [3.8, 4) is 0 Å². The van der Waals surface area contributed by atoms with Gasteiger partial charge in [-0.05, 0) is 6.92 Å². The summed E-state index contributed by atoms with van der Waals surface area (Å²) < 4.78 is 0. The van der Waals surface area contributed by atoms with Crippen molar-refractivity contribution in [2.24, 2.45) is 11.5 Å². The number of carbonyl (C=O) groups excluding carboxylic acids is 4. The molecule has 0 bridgehead atoms. The standard InChI is InChI=1S/C14H23N5O9/c1-5(14(27)28)17-12(25)7(3-9(16)21)18-13(26)8(4-20)19-11(24)6(15)2-10(22)23/h5-8,20H,2-4,15H2,1H3,(H2,16,21)(H,17,25)(H,18,26)(H,19,24)(H,22,23)(H,27,28). The molecular formula is C14H23N5O9. The molecule has 0 heterocycles. The van der Waals surface area contributed by atoms with Gasteiger partial charge in [0.15, 0.2) is 0 Å². The molecule has 0 aliphatic heterocycles. The second-order valence-corrected chi connectivity index (χ2v) is 5.75. The van der Waals surface area contributed by atoms with Crippen LogP contribution in [0.2, 0.25) is 0 Å². The molecule has 28 heavy (non-hydrogen) atoms. The number of nitrogens with two attached hydrogens (primary N) is 2. The minimum absolute atomic E-state index is 0.686. The van der Waals surface area contributed by atoms with E-state index in [4.69, 9.17) is 21.7 Å². The van der Waals surface area contributed by atoms with Crippen molar-refractivity contribution in [1.82, 2.24) is 16.0 Å². The Morgan fingerprint density at radius 1 is 0.857 bits per heavy atom. The summed E-state index contributed by atoms with van der Waals surface area (Å²) in [6, 6.07) is -6.03. The molecule has 0 aromatic heterocycles. The van der Waals surface area contributed by atoms with Crippen LogP contribution in [0.4, 0.5) is 0 Å². The van der Waals surface area contributed by atoms with Crippen LogP contribution < -0.4 is 27.4 Å². The van der Waals surface area contributed by atoms with Gasteiger partial charge in [-0.15, -0.1) is 0 Å². The monoisotopic (exact) mass is 405 g/mol. The number of carboxylic acid groups (broad SMARTS) is 2. The smallest absolute Gasteiger partial charge is 0.325 e. The third-order valence-corrected chi connectivity index (χ3v) is 3.31. The highest BCUT2D eigenvalue weighted by Gasteiger charge is 2.30. The summed E-state index contributed by atoms with van der Waals surface area (Å²) in [5.74, 6) is -6.91. The topological polar surface area (TPSA) is 251 Å². The first-order valence-electron chi connectivity index (χ1n) is 7.89. The molecular weight excluding hydrogens is 382 g/mol. The highest BCUT2D eigenvalue weighted by Crippen LogP contribution is 1.97. The Balaban J connectivity index is 5.12. The molecule has 10 N–H and O–H groups in total. The van der Waals surface area contributed by atoms with E-state index in [1.54, 1.807) is 0 Å². The summed E-state index contributed by atoms with van der Waals surface area (Å²) in [6.07, 6.45) is -1.42. The molecule has 4 unspecified atom stereocenters. The number of carboxylic acids is 2. The minimum Gasteiger partial charge on any atom is -0.481 e. The Kier molecular flexibility index (Phi) is 10.1. The molecule has 0 saturated heterocycles. The van der Waals surface area contributed by atoms with Gasteiger partial charge in [0, 0.05) is 0 Å². The van der Waals surface area contributed by atoms with Gasteiger partial charge in [0.2, 0.25) is 23.6 Å². The van der Waals surface area contributed by atoms with Gasteiger partial charge >= 0.3 is 11.9 Å². The van der Waals surface area contributed by atoms with Crippen molar-refractivity contribution in [3.63, 3.8) is 0 Å². The van der Waals surface area contributed by atoms with Crippen LogP contribution in [0.5, 0.6) is 0 Å². The SMILES string of the molecule is CC(NC(=O)C(CC(N)=O)NC(=O)C(CO)NC(=O)C(N)CC(=O)O)C(=O)O. The van der Waals surface area contributed by atoms with Gasteiger partial charge < -0.3 is 42.7 Å². The van der Waals surface area contributed by atoms with E-state index in [0.717, 1.165) is 6.92 Å². The first-order valence-corrected chi connectivity index (χ1v) is 7.89. The molecule has 0 aliphatic carbocycles. The van der Waals surface area contributed by atoms with Crippen LogP contribution in [-0.2, 0) is 28.8 Å². The first-order chi connectivity index (χ1) is 12.9. The maximum atomic E-state index is 12.2. The second-order valence-electron chi connectivity index (χ2n) is 5.75. The predicted octanol–water partition coefficient (Wildman–Crippen LogP) is -4.78. The first kappa shape index (κ1) is 24.7. The zero-order valence-corrected chi connectivity index (χ0v) is 14.9. The van der Waals surface area contributed by atoms with Crippen LogP contribution in [0.15, 0.2) is 0 Å². The van der Waals surface area contributed by atoms with Crippen LogP contribution in [0.3, 0.4) is 0 Å². The van der Waals surface area contributed by atoms with Gasteiger partial charge in [-0.2, -0.15) is 0 Å². The minimum atomic E-state index is -1.62. The van der Waals surface area contributed by atoms with Gasteiger partial charge in [-0.1, -0.05) is 0 Å². The number of carbonyl (C=O) groups is 6. The maximum Gasteiger partial charge on any atom is 0.325 e. The van der Waals surface area contributed by atoms with E-state index in [2.05, 4.69) is 5.32 Å². The average molecular weight is 405 g/mol. The number of hydrogen-bond acceptors (Lipinski definition) is 8. The lowest BCUT2D eigenvalue weighted by molar-refractivity contribution is -0.142. The summed E-state index contributed by atoms with van der Waals surface area (Å²) in [5, 5.41) is 32.7. The molecule has 4 amide bonds. The fourth-order valence-corrected chi connectivity index (χ4v) is 1.81. The van der Waals surface area contributed by atoms with E-state index < -0.39 is 79.2 Å². The zero-order chi connectivity index (χ0) is 22.0. The van der Waals surface area contributed by atoms with Crippen molar-refractivity contribution in [2.75, 3.05) is 6.61 Å². The van der Waals surface area contributed by atoms with E-state index in [-0.39, 0.29) is 0 Å². The van der Waals surface area contributed by atoms with E-state index in [1.165, 1.54) is 0 Å². The third kappa shape index (κ3) is 8.91. The van der Waals surface area contributed by atoms with Gasteiger partial charge in [-0.25, -0.2) is 0 Å². The summed E-state index contributed by atoms with van der Waals surface area (Å²) in [7, 11) is 0. The molecule has 0 aromatic carbocycles. The molecule has 0 fully saturated rings. The number of primary amides is 1. The van der Waals surface area contributed by atoms with E-state index in [1.807, 2.05) is 10.6 Å². The molecule has 158 valence electrons. The molecule has 0 radical (unpaired) electrons. The largest absolute Gasteiger partial charge is 0.481 e. The van der Waals surface area contributed by atoms with Crippen LogP contribution >= 0.6 is 0 Å². The van der Waals surface area contributed by atoms with Crippen molar-refractivity contribution >= 4 is 35.6 Å². The Labute approximate surface area is 158 Å². The number of aliphatic hydroxyl groups is 1. The summed E-state index contributed by atoms with van der Waals surface area (Å²) in [5.41, 5.74) is 10.3. The normalized spacial score (nSPS) is 14.7. The van der Waals surface area contributed by atoms with E-state index in [9.17, 15) is 33.9 Å². The lowest BCUT2D eigenvalue weighted by atomic mass is 10.1. The zero-order valence-electron chi connectivity index (χ0n) is 14.9. The number of aliphatic hydroxyl groups excluding tert-OH is 1. The lowest BCUT2D eigenvalue weighted by Crippen LogP contribution is -2.58. The van der Waals surface area contributed by atoms with Crippen LogP contribution in [0.25, 0.3) is 0 Å². The number of nitrogens with one attached hydrogen (secondary N) is 3. The Hall–Kier alpha value is -3.26. The molecule has 14 heteroatoms. The molecule has 0 saturated carbocycles. The number of amides is 4. The van der Waals surface area contributed by atoms with Crippen LogP contribution in [0.1, 0.15) is 19.8 Å². The maximum absolute atomic E-state index is 12.2. The molecule has 14 nitrogen and oxygen atoms in total. The summed E-state index contributed by atoms with van der Waals surface area (Å²) in [4.78, 5) is 68.4. The van der Waals surface area contributed by atoms with Crippen LogP contribution in [0, 0.1) is 0 Å². The van der Waals surface area contributed by atoms with E-state index >= 15 is 0 Å². The Bertz CT molecular complexity index is 639. The molecule has 0 aliphatic rings. The molecule has 0 rings (SSSR count). The fourth-order valence-electron chi connectivity index (χ4n) is 1.81. The molecule has 4 atom stereocenters. The van der Waals surface area contributed by atoms with Gasteiger partial charge in [0.05, 0.1) is 25.5 Å². The molecule has 0 spiro atoms. The van der Waals surface area contributed by atoms with Gasteiger partial charge in [0.1, 0.15) is 18.1 Å². The Morgan fingerprint density at radius 2 is 1.36 bits per heavy atom. The van der Waals surface area contributed by atoms with Crippen LogP contribution in [-0.4, -0.2) is 81.7 Å². The third-order valence-electron chi connectivity index (χ3n) is 3.31. The van der Waals surface area contributed by atoms with Gasteiger partial charge in [0.25, 0.3) is 0 Å². The predicted molar refractivity (Wildman–Crippen MR) is 90.2 cm³/mol. The van der Waals surface area contributed by atoms with Gasteiger partial charge in [-0.3, -0.25) is 28.8 Å². The highest BCUT2D eigenvalue weighted by molar-refractivity contribution is 5.96. The highest BCUT2D eigenvalue weighted by atomic mass is 16.4. The van der Waals surface area contributed by atoms with Crippen molar-refractivity contribution in [2.45, 2.75) is 43.9 Å². The lowest BCUT2D eigenvalue weighted by Gasteiger charge is -2.23. The number of aliphatic carboxylic acids is 2. The van der Waals surface area contributed by atoms with Crippen molar-refractivity contribution in [3.05, 3.63) is 0 Å². The Morgan fingerprint density at radius 3 is 1.79 bits per heavy atom. The second kappa shape index (κ2) is 11.5. The number of hydrogen-bond donors (Lipinski definition) is 8. The van der Waals surface area contributed by atoms with E-state index in [0.29, 0.717) is 0 Å². The quantitative estimate of drug-likeness (QED) is 0.154. The average Bonchev–Trinajstić information content (AvgIpc) is 2.57. The van der Waals surface area contributed by atoms with Crippen molar-refractivity contribution < 1.29 is 44.1 Å². The summed E-state index contributed by atoms with van der Waals surface area (Å²) in [6.45, 7) is 0.206. The number of rotatable bonds is 12. The molecule has 0 aromatic rings. The summed E-state index contributed by atoms with van der Waals surface area (Å²) >= 11 is 0.